The molecule has 1 aromatic rings. The minimum absolute atomic E-state index is 0.0928. The minimum Gasteiger partial charge on any atom is -0.361 e. The molecular weight excluding hydrogens is 276 g/mol. The van der Waals surface area contributed by atoms with Crippen LogP contribution in [0.25, 0.3) is 0 Å². The van der Waals surface area contributed by atoms with Gasteiger partial charge >= 0.3 is 0 Å². The lowest BCUT2D eigenvalue weighted by Crippen LogP contribution is -2.44. The van der Waals surface area contributed by atoms with Gasteiger partial charge in [-0.3, -0.25) is 0 Å². The van der Waals surface area contributed by atoms with Gasteiger partial charge in [-0.15, -0.1) is 0 Å². The maximum absolute atomic E-state index is 12.5. The number of rotatable bonds is 4. The van der Waals surface area contributed by atoms with E-state index in [-0.39, 0.29) is 24.6 Å². The third kappa shape index (κ3) is 3.18. The summed E-state index contributed by atoms with van der Waals surface area (Å²) in [6, 6.07) is 8.92. The van der Waals surface area contributed by atoms with Gasteiger partial charge in [-0.25, -0.2) is 8.42 Å². The lowest BCUT2D eigenvalue weighted by atomic mass is 10.1. The van der Waals surface area contributed by atoms with E-state index in [0.717, 1.165) is 18.4 Å². The molecule has 1 fully saturated rings. The highest BCUT2D eigenvalue weighted by molar-refractivity contribution is 7.89. The minimum atomic E-state index is -3.53. The summed E-state index contributed by atoms with van der Waals surface area (Å²) >= 11 is 0. The summed E-state index contributed by atoms with van der Waals surface area (Å²) in [5, 5.41) is 8.84. The molecule has 0 N–H and O–H groups in total. The van der Waals surface area contributed by atoms with Crippen LogP contribution in [-0.4, -0.2) is 38.5 Å². The normalized spacial score (nSPS) is 20.5. The van der Waals surface area contributed by atoms with E-state index in [1.807, 2.05) is 18.2 Å². The van der Waals surface area contributed by atoms with Gasteiger partial charge in [-0.05, 0) is 24.1 Å². The Morgan fingerprint density at radius 1 is 1.40 bits per heavy atom. The molecule has 6 heteroatoms. The monoisotopic (exact) mass is 294 g/mol. The molecule has 1 aliphatic heterocycles. The molecule has 0 saturated carbocycles. The SMILES string of the molecule is CCCc1ccc(S(=O)(=O)N2CCOC(C#N)C2)cc1. The first-order valence-corrected chi connectivity index (χ1v) is 8.12. The molecule has 5 nitrogen and oxygen atoms in total. The number of hydrogen-bond donors (Lipinski definition) is 0. The largest absolute Gasteiger partial charge is 0.361 e. The Balaban J connectivity index is 2.19. The van der Waals surface area contributed by atoms with E-state index in [2.05, 4.69) is 6.92 Å². The number of sulfonamides is 1. The zero-order valence-electron chi connectivity index (χ0n) is 11.4. The van der Waals surface area contributed by atoms with Crippen LogP contribution in [0, 0.1) is 11.3 Å². The van der Waals surface area contributed by atoms with Crippen LogP contribution < -0.4 is 0 Å². The Morgan fingerprint density at radius 2 is 2.10 bits per heavy atom. The number of aryl methyl sites for hydroxylation is 1. The van der Waals surface area contributed by atoms with Gasteiger partial charge in [0.25, 0.3) is 0 Å². The zero-order valence-corrected chi connectivity index (χ0v) is 12.3. The fraction of sp³-hybridized carbons (Fsp3) is 0.500. The standard InChI is InChI=1S/C14H18N2O3S/c1-2-3-12-4-6-14(7-5-12)20(17,18)16-8-9-19-13(10-15)11-16/h4-7,13H,2-3,8-9,11H2,1H3. The quantitative estimate of drug-likeness (QED) is 0.845. The summed E-state index contributed by atoms with van der Waals surface area (Å²) < 4.78 is 31.4. The second-order valence-corrected chi connectivity index (χ2v) is 6.68. The molecule has 20 heavy (non-hydrogen) atoms. The average molecular weight is 294 g/mol. The molecule has 1 aromatic carbocycles. The third-order valence-corrected chi connectivity index (χ3v) is 5.15. The zero-order chi connectivity index (χ0) is 14.6. The van der Waals surface area contributed by atoms with E-state index < -0.39 is 16.1 Å². The lowest BCUT2D eigenvalue weighted by molar-refractivity contribution is 0.0311. The second kappa shape index (κ2) is 6.35. The Morgan fingerprint density at radius 3 is 2.70 bits per heavy atom. The van der Waals surface area contributed by atoms with Crippen molar-refractivity contribution in [3.63, 3.8) is 0 Å². The van der Waals surface area contributed by atoms with Crippen LogP contribution in [0.1, 0.15) is 18.9 Å². The Hall–Kier alpha value is -1.42. The summed E-state index contributed by atoms with van der Waals surface area (Å²) in [6.07, 6.45) is 1.28. The van der Waals surface area contributed by atoms with Crippen LogP contribution in [0.4, 0.5) is 0 Å². The van der Waals surface area contributed by atoms with Gasteiger partial charge in [0.1, 0.15) is 0 Å². The van der Waals surface area contributed by atoms with Gasteiger partial charge in [-0.2, -0.15) is 9.57 Å². The first-order chi connectivity index (χ1) is 9.57. The van der Waals surface area contributed by atoms with Crippen molar-refractivity contribution in [2.45, 2.75) is 30.8 Å². The topological polar surface area (TPSA) is 70.4 Å². The summed E-state index contributed by atoms with van der Waals surface area (Å²) in [6.45, 7) is 2.72. The predicted octanol–water partition coefficient (Wildman–Crippen LogP) is 1.55. The maximum Gasteiger partial charge on any atom is 0.243 e. The fourth-order valence-electron chi connectivity index (χ4n) is 2.19. The summed E-state index contributed by atoms with van der Waals surface area (Å²) in [4.78, 5) is 0.274. The molecule has 1 heterocycles. The molecule has 0 bridgehead atoms. The van der Waals surface area contributed by atoms with E-state index in [9.17, 15) is 8.42 Å². The van der Waals surface area contributed by atoms with Crippen LogP contribution in [0.3, 0.4) is 0 Å². The molecule has 1 aliphatic rings. The fourth-order valence-corrected chi connectivity index (χ4v) is 3.61. The van der Waals surface area contributed by atoms with Crippen LogP contribution in [-0.2, 0) is 21.2 Å². The molecule has 108 valence electrons. The number of hydrogen-bond acceptors (Lipinski definition) is 4. The molecule has 0 amide bonds. The van der Waals surface area contributed by atoms with Gasteiger partial charge in [0.15, 0.2) is 6.10 Å². The van der Waals surface area contributed by atoms with Crippen molar-refractivity contribution in [3.8, 4) is 6.07 Å². The second-order valence-electron chi connectivity index (χ2n) is 4.75. The average Bonchev–Trinajstić information content (AvgIpc) is 2.48. The van der Waals surface area contributed by atoms with E-state index >= 15 is 0 Å². The van der Waals surface area contributed by atoms with Crippen LogP contribution in [0.2, 0.25) is 0 Å². The van der Waals surface area contributed by atoms with Gasteiger partial charge in [0.2, 0.25) is 10.0 Å². The predicted molar refractivity (Wildman–Crippen MR) is 74.5 cm³/mol. The molecule has 1 atom stereocenters. The first kappa shape index (κ1) is 15.0. The van der Waals surface area contributed by atoms with Crippen molar-refractivity contribution >= 4 is 10.0 Å². The molecular formula is C14H18N2O3S. The number of nitriles is 1. The third-order valence-electron chi connectivity index (χ3n) is 3.27. The van der Waals surface area contributed by atoms with Crippen molar-refractivity contribution < 1.29 is 13.2 Å². The molecule has 0 radical (unpaired) electrons. The maximum atomic E-state index is 12.5. The Labute approximate surface area is 119 Å². The first-order valence-electron chi connectivity index (χ1n) is 6.68. The number of morpholine rings is 1. The molecule has 1 unspecified atom stereocenters. The summed E-state index contributed by atoms with van der Waals surface area (Å²) in [7, 11) is -3.53. The number of ether oxygens (including phenoxy) is 1. The van der Waals surface area contributed by atoms with Gasteiger partial charge < -0.3 is 4.74 Å². The van der Waals surface area contributed by atoms with Crippen LogP contribution in [0.15, 0.2) is 29.2 Å². The van der Waals surface area contributed by atoms with Crippen LogP contribution >= 0.6 is 0 Å². The highest BCUT2D eigenvalue weighted by Crippen LogP contribution is 2.19. The van der Waals surface area contributed by atoms with Crippen molar-refractivity contribution in [1.29, 1.82) is 5.26 Å². The van der Waals surface area contributed by atoms with E-state index in [4.69, 9.17) is 10.00 Å². The van der Waals surface area contributed by atoms with E-state index in [1.54, 1.807) is 12.1 Å². The van der Waals surface area contributed by atoms with Gasteiger partial charge in [0, 0.05) is 6.54 Å². The number of nitrogens with zero attached hydrogens (tertiary/aromatic N) is 2. The molecule has 2 rings (SSSR count). The number of benzene rings is 1. The Kier molecular flexibility index (Phi) is 4.76. The van der Waals surface area contributed by atoms with Crippen LogP contribution in [0.5, 0.6) is 0 Å². The van der Waals surface area contributed by atoms with E-state index in [0.29, 0.717) is 0 Å². The molecule has 1 saturated heterocycles. The van der Waals surface area contributed by atoms with Gasteiger partial charge in [0.05, 0.1) is 24.1 Å². The van der Waals surface area contributed by atoms with E-state index in [1.165, 1.54) is 4.31 Å². The van der Waals surface area contributed by atoms with Crippen molar-refractivity contribution in [1.82, 2.24) is 4.31 Å². The smallest absolute Gasteiger partial charge is 0.243 e. The summed E-state index contributed by atoms with van der Waals surface area (Å²) in [5.74, 6) is 0. The van der Waals surface area contributed by atoms with Gasteiger partial charge in [-0.1, -0.05) is 25.5 Å². The molecule has 0 spiro atoms. The highest BCUT2D eigenvalue weighted by atomic mass is 32.2. The lowest BCUT2D eigenvalue weighted by Gasteiger charge is -2.28. The van der Waals surface area contributed by atoms with Crippen molar-refractivity contribution in [3.05, 3.63) is 29.8 Å². The summed E-state index contributed by atoms with van der Waals surface area (Å²) in [5.41, 5.74) is 1.13. The van der Waals surface area contributed by atoms with Crippen molar-refractivity contribution in [2.24, 2.45) is 0 Å². The highest BCUT2D eigenvalue weighted by Gasteiger charge is 2.30. The van der Waals surface area contributed by atoms with Crippen molar-refractivity contribution in [2.75, 3.05) is 19.7 Å². The molecule has 0 aliphatic carbocycles. The Bertz CT molecular complexity index is 590. The molecule has 0 aromatic heterocycles.